The molecular formula is C51H44Cl3F6N9O12S6. The summed E-state index contributed by atoms with van der Waals surface area (Å²) in [4.78, 5) is -4.03. The summed E-state index contributed by atoms with van der Waals surface area (Å²) >= 11 is 0. The molecule has 0 radical (unpaired) electrons. The predicted molar refractivity (Wildman–Crippen MR) is 303 cm³/mol. The zero-order valence-electron chi connectivity index (χ0n) is 44.6. The average Bonchev–Trinajstić information content (AvgIpc) is 1.66. The maximum Gasteiger partial charge on any atom is 0.442 e. The molecule has 0 bridgehead atoms. The van der Waals surface area contributed by atoms with Gasteiger partial charge in [-0.3, -0.25) is 0 Å². The van der Waals surface area contributed by atoms with E-state index < -0.39 is 133 Å². The van der Waals surface area contributed by atoms with Gasteiger partial charge in [-0.1, -0.05) is 97.1 Å². The lowest BCUT2D eigenvalue weighted by Gasteiger charge is -2.15. The molecule has 2 N–H and O–H groups in total. The van der Waals surface area contributed by atoms with E-state index in [0.717, 1.165) is 59.2 Å². The molecule has 0 aromatic heterocycles. The normalized spacial score (nSPS) is 16.9. The summed E-state index contributed by atoms with van der Waals surface area (Å²) in [5.41, 5.74) is 3.05. The Labute approximate surface area is 507 Å². The summed E-state index contributed by atoms with van der Waals surface area (Å²) in [6.07, 6.45) is -9.98. The standard InChI is InChI=1S/C36H30F6N6O6S3.C9H11N3.C6H3Cl3O6S3/c1-32(43-44-32)26-8-2-23(3-9-26)14-17-55(49,50)29-20-30(56(51,52)18-15-24-4-10-27(11-5-24)33(45-46-33)35(37,38)39)22-31(21-29)57(53,54)19-16-25-6-12-28(13-7-25)34(47-48-34)36(40,41)42;1-9(11-12-9)8-4-2-7(6-10)3-5-8;7-16(10,11)4-1-5(17(8,12)13)3-6(2-4)18(9,14)15/h2-13,20-22H,14-19H2,1H3;2-5H,6,10H2,1H3;1-3H. The molecule has 0 amide bonds. The van der Waals surface area contributed by atoms with Crippen LogP contribution in [0.1, 0.15) is 58.4 Å². The third-order valence-corrected chi connectivity index (χ3v) is 22.8. The van der Waals surface area contributed by atoms with Crippen molar-refractivity contribution in [1.82, 2.24) is 0 Å². The zero-order chi connectivity index (χ0) is 64.2. The first-order chi connectivity index (χ1) is 40.0. The van der Waals surface area contributed by atoms with E-state index >= 15 is 0 Å². The molecule has 0 spiro atoms. The van der Waals surface area contributed by atoms with Gasteiger partial charge in [-0.25, -0.2) is 50.5 Å². The van der Waals surface area contributed by atoms with Crippen molar-refractivity contribution in [3.05, 3.63) is 178 Å². The van der Waals surface area contributed by atoms with Crippen molar-refractivity contribution in [3.8, 4) is 0 Å². The zero-order valence-corrected chi connectivity index (χ0v) is 51.7. The van der Waals surface area contributed by atoms with Gasteiger partial charge in [0.15, 0.2) is 29.5 Å². The molecule has 0 saturated heterocycles. The van der Waals surface area contributed by atoms with Crippen LogP contribution in [-0.2, 0) is 105 Å². The van der Waals surface area contributed by atoms with Crippen molar-refractivity contribution in [2.45, 2.75) is 104 Å². The van der Waals surface area contributed by atoms with E-state index in [-0.39, 0.29) is 36.1 Å². The number of nitrogens with zero attached hydrogens (tertiary/aromatic N) is 8. The lowest BCUT2D eigenvalue weighted by atomic mass is 10.0. The highest BCUT2D eigenvalue weighted by Gasteiger charge is 2.66. The highest BCUT2D eigenvalue weighted by atomic mass is 35.7. The van der Waals surface area contributed by atoms with Gasteiger partial charge < -0.3 is 5.73 Å². The molecule has 0 fully saturated rings. The Hall–Kier alpha value is -6.17. The second-order valence-corrected chi connectivity index (χ2v) is 34.0. The van der Waals surface area contributed by atoms with Crippen molar-refractivity contribution >= 4 is 88.7 Å². The number of aryl methyl sites for hydroxylation is 3. The minimum Gasteiger partial charge on any atom is -0.326 e. The molecule has 4 aliphatic heterocycles. The van der Waals surface area contributed by atoms with Gasteiger partial charge in [0, 0.05) is 60.8 Å². The maximum atomic E-state index is 13.7. The first kappa shape index (κ1) is 66.8. The van der Waals surface area contributed by atoms with Crippen LogP contribution in [-0.4, -0.2) is 80.1 Å². The van der Waals surface area contributed by atoms with Crippen molar-refractivity contribution in [3.63, 3.8) is 0 Å². The predicted octanol–water partition coefficient (Wildman–Crippen LogP) is 11.0. The lowest BCUT2D eigenvalue weighted by Crippen LogP contribution is -2.30. The second-order valence-electron chi connectivity index (χ2n) is 20.0. The summed E-state index contributed by atoms with van der Waals surface area (Å²) in [6.45, 7) is 4.38. The molecule has 4 heterocycles. The quantitative estimate of drug-likeness (QED) is 0.0549. The number of alkyl halides is 6. The molecule has 0 unspecified atom stereocenters. The Balaban J connectivity index is 0.000000265. The van der Waals surface area contributed by atoms with E-state index in [4.69, 9.17) is 37.8 Å². The van der Waals surface area contributed by atoms with Gasteiger partial charge >= 0.3 is 23.7 Å². The number of hydrogen-bond donors (Lipinski definition) is 1. The van der Waals surface area contributed by atoms with Crippen LogP contribution in [0.25, 0.3) is 0 Å². The first-order valence-corrected chi connectivity index (χ1v) is 36.7. The van der Waals surface area contributed by atoms with Gasteiger partial charge in [0.05, 0.1) is 46.6 Å². The topological polar surface area (TPSA) is 330 Å². The van der Waals surface area contributed by atoms with Crippen LogP contribution in [0.2, 0.25) is 0 Å². The molecule has 0 saturated carbocycles. The molecule has 0 atom stereocenters. The fourth-order valence-corrected chi connectivity index (χ4v) is 15.1. The molecule has 10 rings (SSSR count). The Morgan fingerprint density at radius 1 is 0.356 bits per heavy atom. The van der Waals surface area contributed by atoms with E-state index in [2.05, 4.69) is 40.9 Å². The van der Waals surface area contributed by atoms with Crippen molar-refractivity contribution in [1.29, 1.82) is 0 Å². The van der Waals surface area contributed by atoms with Gasteiger partial charge in [-0.2, -0.15) is 46.8 Å². The van der Waals surface area contributed by atoms with Crippen LogP contribution < -0.4 is 5.73 Å². The van der Waals surface area contributed by atoms with Crippen LogP contribution in [0.3, 0.4) is 0 Å². The molecule has 87 heavy (non-hydrogen) atoms. The Bertz CT molecular complexity index is 4250. The van der Waals surface area contributed by atoms with Crippen molar-refractivity contribution in [2.75, 3.05) is 17.3 Å². The van der Waals surface area contributed by atoms with E-state index in [1.54, 1.807) is 31.2 Å². The molecule has 21 nitrogen and oxygen atoms in total. The minimum absolute atomic E-state index is 0.00889. The van der Waals surface area contributed by atoms with Gasteiger partial charge in [0.1, 0.15) is 0 Å². The largest absolute Gasteiger partial charge is 0.442 e. The number of benzene rings is 6. The molecule has 464 valence electrons. The molecule has 6 aromatic carbocycles. The van der Waals surface area contributed by atoms with E-state index in [1.165, 1.54) is 24.3 Å². The first-order valence-electron chi connectivity index (χ1n) is 24.8. The fraction of sp³-hybridized carbons (Fsp3) is 0.294. The molecule has 36 heteroatoms. The summed E-state index contributed by atoms with van der Waals surface area (Å²) in [7, 11) is -11.2. The van der Waals surface area contributed by atoms with Crippen LogP contribution in [0, 0.1) is 0 Å². The highest BCUT2D eigenvalue weighted by molar-refractivity contribution is 8.15. The lowest BCUT2D eigenvalue weighted by molar-refractivity contribution is -0.166. The number of nitrogens with two attached hydrogens (primary N) is 1. The smallest absolute Gasteiger partial charge is 0.326 e. The van der Waals surface area contributed by atoms with Gasteiger partial charge in [0.25, 0.3) is 27.2 Å². The molecule has 6 aromatic rings. The molecule has 4 aliphatic rings. The Kier molecular flexibility index (Phi) is 18.2. The molecule has 0 aliphatic carbocycles. The molecular weight excluding hydrogens is 1340 g/mol. The van der Waals surface area contributed by atoms with Gasteiger partial charge in [-0.05, 0) is 91.8 Å². The number of sulfone groups is 3. The van der Waals surface area contributed by atoms with Crippen molar-refractivity contribution in [2.24, 2.45) is 46.6 Å². The number of hydrogen-bond acceptors (Lipinski definition) is 21. The van der Waals surface area contributed by atoms with E-state index in [1.807, 2.05) is 31.2 Å². The van der Waals surface area contributed by atoms with Crippen LogP contribution in [0.4, 0.5) is 26.3 Å². The van der Waals surface area contributed by atoms with E-state index in [9.17, 15) is 76.8 Å². The minimum atomic E-state index is -4.76. The fourth-order valence-electron chi connectivity index (χ4n) is 8.18. The monoisotopic (exact) mass is 1390 g/mol. The third-order valence-electron chi connectivity index (χ3n) is 13.7. The average molecular weight is 1390 g/mol. The summed E-state index contributed by atoms with van der Waals surface area (Å²) in [5, 5.41) is 28.4. The second kappa shape index (κ2) is 23.7. The number of rotatable bonds is 20. The number of halogens is 9. The summed E-state index contributed by atoms with van der Waals surface area (Å²) in [5.74, 6) is -1.85. The van der Waals surface area contributed by atoms with Crippen LogP contribution >= 0.6 is 32.0 Å². The maximum absolute atomic E-state index is 13.7. The van der Waals surface area contributed by atoms with Gasteiger partial charge in [-0.15, -0.1) is 20.5 Å². The SMILES string of the molecule is CC1(c2ccc(CCS(=O)(=O)c3cc(S(=O)(=O)CCc4ccc(C5(C(F)(F)F)N=N5)cc4)cc(S(=O)(=O)CCc4ccc(C5(C(F)(F)F)N=N5)cc4)c3)cc2)N=N1.CC1(c2ccc(CN)cc2)N=N1.O=S(=O)(Cl)c1cc(S(=O)(=O)Cl)cc(S(=O)(=O)Cl)c1. The van der Waals surface area contributed by atoms with Gasteiger partial charge in [0.2, 0.25) is 11.3 Å². The third kappa shape index (κ3) is 15.6. The highest BCUT2D eigenvalue weighted by Crippen LogP contribution is 2.53. The van der Waals surface area contributed by atoms with Crippen molar-refractivity contribution < 1.29 is 76.8 Å². The van der Waals surface area contributed by atoms with Crippen LogP contribution in [0.15, 0.2) is 204 Å². The summed E-state index contributed by atoms with van der Waals surface area (Å²) in [6, 6.07) is 29.0. The Morgan fingerprint density at radius 2 is 0.575 bits per heavy atom. The van der Waals surface area contributed by atoms with Crippen LogP contribution in [0.5, 0.6) is 0 Å². The van der Waals surface area contributed by atoms with E-state index in [0.29, 0.717) is 41.4 Å². The Morgan fingerprint density at radius 3 is 0.770 bits per heavy atom. The summed E-state index contributed by atoms with van der Waals surface area (Å²) < 4.78 is 229.